The number of rotatable bonds is 5. The average Bonchev–Trinajstić information content (AvgIpc) is 2.49. The van der Waals surface area contributed by atoms with Gasteiger partial charge >= 0.3 is 0 Å². The van der Waals surface area contributed by atoms with Gasteiger partial charge in [0.15, 0.2) is 0 Å². The monoisotopic (exact) mass is 333 g/mol. The summed E-state index contributed by atoms with van der Waals surface area (Å²) < 4.78 is 1.10. The van der Waals surface area contributed by atoms with Crippen LogP contribution in [-0.2, 0) is 6.54 Å². The van der Waals surface area contributed by atoms with E-state index in [1.807, 2.05) is 19.1 Å². The van der Waals surface area contributed by atoms with Crippen molar-refractivity contribution >= 4 is 21.6 Å². The summed E-state index contributed by atoms with van der Waals surface area (Å²) in [6.07, 6.45) is 0.384. The predicted octanol–water partition coefficient (Wildman–Crippen LogP) is 4.53. The lowest BCUT2D eigenvalue weighted by Gasteiger charge is -2.20. The summed E-state index contributed by atoms with van der Waals surface area (Å²) in [6.45, 7) is 2.85. The molecule has 0 aliphatic heterocycles. The molecule has 2 aromatic carbocycles. The van der Waals surface area contributed by atoms with Crippen molar-refractivity contribution in [3.05, 3.63) is 64.1 Å². The zero-order valence-corrected chi connectivity index (χ0v) is 13.5. The Balaban J connectivity index is 2.05. The summed E-state index contributed by atoms with van der Waals surface area (Å²) in [7, 11) is 2.08. The summed E-state index contributed by atoms with van der Waals surface area (Å²) in [5, 5.41) is 9.80. The maximum absolute atomic E-state index is 9.80. The van der Waals surface area contributed by atoms with Gasteiger partial charge in [-0.25, -0.2) is 0 Å². The van der Waals surface area contributed by atoms with Crippen LogP contribution in [0.2, 0.25) is 0 Å². The highest BCUT2D eigenvalue weighted by Crippen LogP contribution is 2.21. The van der Waals surface area contributed by atoms with Crippen LogP contribution in [-0.4, -0.2) is 12.2 Å². The molecule has 0 radical (unpaired) electrons. The number of nitrogens with zero attached hydrogens (tertiary/aromatic N) is 1. The molecule has 0 saturated heterocycles. The van der Waals surface area contributed by atoms with Crippen LogP contribution >= 0.6 is 15.9 Å². The van der Waals surface area contributed by atoms with Gasteiger partial charge in [-0.15, -0.1) is 0 Å². The largest absolute Gasteiger partial charge is 0.388 e. The summed E-state index contributed by atoms with van der Waals surface area (Å²) in [4.78, 5) is 2.20. The van der Waals surface area contributed by atoms with Crippen LogP contribution in [0.25, 0.3) is 0 Å². The van der Waals surface area contributed by atoms with Gasteiger partial charge < -0.3 is 10.0 Å². The highest BCUT2D eigenvalue weighted by atomic mass is 79.9. The van der Waals surface area contributed by atoms with Crippen LogP contribution in [0.4, 0.5) is 5.69 Å². The summed E-state index contributed by atoms with van der Waals surface area (Å²) >= 11 is 3.45. The molecule has 0 bridgehead atoms. The van der Waals surface area contributed by atoms with Crippen molar-refractivity contribution in [3.63, 3.8) is 0 Å². The third-order valence-corrected chi connectivity index (χ3v) is 3.97. The maximum Gasteiger partial charge on any atom is 0.0787 e. The number of benzene rings is 2. The second-order valence-corrected chi connectivity index (χ2v) is 5.91. The second kappa shape index (κ2) is 6.91. The van der Waals surface area contributed by atoms with Gasteiger partial charge in [0, 0.05) is 23.8 Å². The molecular formula is C17H20BrNO. The van der Waals surface area contributed by atoms with Crippen molar-refractivity contribution < 1.29 is 5.11 Å². The fourth-order valence-electron chi connectivity index (χ4n) is 2.14. The molecule has 2 nitrogen and oxygen atoms in total. The fraction of sp³-hybridized carbons (Fsp3) is 0.294. The lowest BCUT2D eigenvalue weighted by Crippen LogP contribution is -2.16. The molecule has 2 rings (SSSR count). The van der Waals surface area contributed by atoms with Gasteiger partial charge in [-0.3, -0.25) is 0 Å². The van der Waals surface area contributed by atoms with Crippen LogP contribution in [0.1, 0.15) is 30.6 Å². The highest BCUT2D eigenvalue weighted by Gasteiger charge is 2.06. The Morgan fingerprint density at radius 3 is 2.20 bits per heavy atom. The normalized spacial score (nSPS) is 12.2. The quantitative estimate of drug-likeness (QED) is 0.868. The van der Waals surface area contributed by atoms with Crippen molar-refractivity contribution in [3.8, 4) is 0 Å². The molecule has 0 aromatic heterocycles. The molecule has 0 heterocycles. The Hall–Kier alpha value is -1.32. The molecule has 1 atom stereocenters. The first kappa shape index (κ1) is 15.1. The number of hydrogen-bond donors (Lipinski definition) is 1. The van der Waals surface area contributed by atoms with Crippen molar-refractivity contribution in [1.29, 1.82) is 0 Å². The summed E-state index contributed by atoms with van der Waals surface area (Å²) in [5.41, 5.74) is 3.40. The number of aliphatic hydroxyl groups is 1. The van der Waals surface area contributed by atoms with Gasteiger partial charge in [0.25, 0.3) is 0 Å². The van der Waals surface area contributed by atoms with Crippen LogP contribution in [0.3, 0.4) is 0 Å². The van der Waals surface area contributed by atoms with Gasteiger partial charge in [-0.05, 0) is 41.8 Å². The molecule has 3 heteroatoms. The van der Waals surface area contributed by atoms with E-state index >= 15 is 0 Å². The van der Waals surface area contributed by atoms with Gasteiger partial charge in [0.05, 0.1) is 6.10 Å². The Morgan fingerprint density at radius 2 is 1.65 bits per heavy atom. The molecule has 0 unspecified atom stereocenters. The molecule has 0 saturated carbocycles. The zero-order chi connectivity index (χ0) is 14.5. The van der Waals surface area contributed by atoms with Gasteiger partial charge in [-0.2, -0.15) is 0 Å². The van der Waals surface area contributed by atoms with Crippen LogP contribution in [0.15, 0.2) is 53.0 Å². The minimum atomic E-state index is -0.360. The van der Waals surface area contributed by atoms with E-state index in [1.54, 1.807) is 0 Å². The third-order valence-electron chi connectivity index (χ3n) is 3.44. The fourth-order valence-corrected chi connectivity index (χ4v) is 2.41. The number of hydrogen-bond acceptors (Lipinski definition) is 2. The SMILES string of the molecule is CC[C@@H](O)c1ccc(N(C)Cc2ccc(Br)cc2)cc1. The number of halogens is 1. The lowest BCUT2D eigenvalue weighted by molar-refractivity contribution is 0.173. The highest BCUT2D eigenvalue weighted by molar-refractivity contribution is 9.10. The minimum absolute atomic E-state index is 0.360. The molecule has 0 aliphatic rings. The Bertz CT molecular complexity index is 536. The maximum atomic E-state index is 9.80. The summed E-state index contributed by atoms with van der Waals surface area (Å²) in [6, 6.07) is 16.5. The van der Waals surface area contributed by atoms with Crippen molar-refractivity contribution in [1.82, 2.24) is 0 Å². The van der Waals surface area contributed by atoms with E-state index < -0.39 is 0 Å². The molecule has 106 valence electrons. The second-order valence-electron chi connectivity index (χ2n) is 5.00. The lowest BCUT2D eigenvalue weighted by atomic mass is 10.1. The standard InChI is InChI=1S/C17H20BrNO/c1-3-17(20)14-6-10-16(11-7-14)19(2)12-13-4-8-15(18)9-5-13/h4-11,17,20H,3,12H2,1-2H3/t17-/m1/s1. The van der Waals surface area contributed by atoms with E-state index in [-0.39, 0.29) is 6.10 Å². The molecule has 20 heavy (non-hydrogen) atoms. The van der Waals surface area contributed by atoms with Crippen molar-refractivity contribution in [2.24, 2.45) is 0 Å². The Labute approximate surface area is 129 Å². The van der Waals surface area contributed by atoms with E-state index in [2.05, 4.69) is 64.3 Å². The van der Waals surface area contributed by atoms with E-state index in [1.165, 1.54) is 5.56 Å². The van der Waals surface area contributed by atoms with Crippen molar-refractivity contribution in [2.45, 2.75) is 26.0 Å². The van der Waals surface area contributed by atoms with Crippen LogP contribution < -0.4 is 4.90 Å². The third kappa shape index (κ3) is 3.84. The first-order valence-corrected chi connectivity index (χ1v) is 7.63. The van der Waals surface area contributed by atoms with Gasteiger partial charge in [-0.1, -0.05) is 47.1 Å². The van der Waals surface area contributed by atoms with E-state index in [0.717, 1.165) is 28.7 Å². The molecule has 0 amide bonds. The Morgan fingerprint density at radius 1 is 1.05 bits per heavy atom. The molecule has 2 aromatic rings. The van der Waals surface area contributed by atoms with Crippen LogP contribution in [0.5, 0.6) is 0 Å². The first-order valence-electron chi connectivity index (χ1n) is 6.83. The Kier molecular flexibility index (Phi) is 5.21. The van der Waals surface area contributed by atoms with Gasteiger partial charge in [0.1, 0.15) is 0 Å². The summed E-state index contributed by atoms with van der Waals surface area (Å²) in [5.74, 6) is 0. The van der Waals surface area contributed by atoms with Crippen LogP contribution in [0, 0.1) is 0 Å². The molecule has 0 fully saturated rings. The number of aliphatic hydroxyl groups excluding tert-OH is 1. The van der Waals surface area contributed by atoms with E-state index in [0.29, 0.717) is 0 Å². The number of anilines is 1. The van der Waals surface area contributed by atoms with Crippen molar-refractivity contribution in [2.75, 3.05) is 11.9 Å². The van der Waals surface area contributed by atoms with E-state index in [9.17, 15) is 5.11 Å². The average molecular weight is 334 g/mol. The minimum Gasteiger partial charge on any atom is -0.388 e. The topological polar surface area (TPSA) is 23.5 Å². The first-order chi connectivity index (χ1) is 9.60. The molecule has 0 aliphatic carbocycles. The smallest absolute Gasteiger partial charge is 0.0787 e. The van der Waals surface area contributed by atoms with Gasteiger partial charge in [0.2, 0.25) is 0 Å². The molecule has 0 spiro atoms. The molecular weight excluding hydrogens is 314 g/mol. The molecule has 1 N–H and O–H groups in total. The zero-order valence-electron chi connectivity index (χ0n) is 11.9. The van der Waals surface area contributed by atoms with E-state index in [4.69, 9.17) is 0 Å². The predicted molar refractivity (Wildman–Crippen MR) is 87.9 cm³/mol.